The van der Waals surface area contributed by atoms with Gasteiger partial charge in [0, 0.05) is 6.42 Å². The number of quaternary nitrogens is 1. The predicted octanol–water partition coefficient (Wildman–Crippen LogP) is 13.4. The van der Waals surface area contributed by atoms with Gasteiger partial charge in [0.2, 0.25) is 5.91 Å². The van der Waals surface area contributed by atoms with Crippen LogP contribution in [-0.2, 0) is 18.4 Å². The van der Waals surface area contributed by atoms with E-state index in [-0.39, 0.29) is 18.9 Å². The molecule has 354 valence electrons. The van der Waals surface area contributed by atoms with Gasteiger partial charge in [-0.3, -0.25) is 9.36 Å². The first-order chi connectivity index (χ1) is 30.0. The third kappa shape index (κ3) is 45.2. The Morgan fingerprint density at radius 1 is 0.581 bits per heavy atom. The van der Waals surface area contributed by atoms with Crippen LogP contribution in [0.5, 0.6) is 0 Å². The molecule has 0 aliphatic rings. The molecule has 0 saturated carbocycles. The number of likely N-dealkylation sites (N-methyl/N-ethyl adjacent to an activating group) is 1. The summed E-state index contributed by atoms with van der Waals surface area (Å²) in [5.74, 6) is -0.246. The average molecular weight is 883 g/mol. The van der Waals surface area contributed by atoms with Gasteiger partial charge in [0.15, 0.2) is 0 Å². The number of hydrogen-bond acceptors (Lipinski definition) is 6. The number of amides is 1. The van der Waals surface area contributed by atoms with Gasteiger partial charge in [0.1, 0.15) is 13.2 Å². The fraction of sp³-hybridized carbons (Fsp3) is 0.642. The van der Waals surface area contributed by atoms with Crippen molar-refractivity contribution in [1.29, 1.82) is 0 Å². The van der Waals surface area contributed by atoms with Crippen LogP contribution in [0.4, 0.5) is 0 Å². The molecule has 0 bridgehead atoms. The number of allylic oxidation sites excluding steroid dienone is 17. The van der Waals surface area contributed by atoms with Gasteiger partial charge in [-0.25, -0.2) is 0 Å². The number of carbonyl (C=O) groups is 1. The normalized spacial score (nSPS) is 15.1. The van der Waals surface area contributed by atoms with Gasteiger partial charge in [-0.1, -0.05) is 187 Å². The van der Waals surface area contributed by atoms with Crippen molar-refractivity contribution in [3.05, 3.63) is 109 Å². The maximum atomic E-state index is 12.9. The molecule has 0 aromatic carbocycles. The summed E-state index contributed by atoms with van der Waals surface area (Å²) in [5, 5.41) is 13.8. The van der Waals surface area contributed by atoms with Gasteiger partial charge in [-0.15, -0.1) is 0 Å². The summed E-state index contributed by atoms with van der Waals surface area (Å²) in [5.41, 5.74) is 0. The topological polar surface area (TPSA) is 108 Å². The van der Waals surface area contributed by atoms with E-state index in [1.807, 2.05) is 27.2 Å². The first kappa shape index (κ1) is 59.2. The lowest BCUT2D eigenvalue weighted by atomic mass is 10.0. The van der Waals surface area contributed by atoms with E-state index in [0.29, 0.717) is 17.4 Å². The third-order valence-corrected chi connectivity index (χ3v) is 11.0. The molecule has 8 nitrogen and oxygen atoms in total. The van der Waals surface area contributed by atoms with Gasteiger partial charge < -0.3 is 28.8 Å². The average Bonchev–Trinajstić information content (AvgIpc) is 3.23. The monoisotopic (exact) mass is 883 g/mol. The Bertz CT molecular complexity index is 1370. The van der Waals surface area contributed by atoms with Crippen LogP contribution in [0.2, 0.25) is 0 Å². The minimum absolute atomic E-state index is 0.0161. The van der Waals surface area contributed by atoms with E-state index in [0.717, 1.165) is 83.5 Å². The van der Waals surface area contributed by atoms with Crippen LogP contribution >= 0.6 is 7.82 Å². The van der Waals surface area contributed by atoms with E-state index in [4.69, 9.17) is 9.05 Å². The molecule has 0 aromatic heterocycles. The highest BCUT2D eigenvalue weighted by molar-refractivity contribution is 7.45. The number of hydrogen-bond donors (Lipinski definition) is 2. The number of nitrogens with one attached hydrogen (secondary N) is 1. The number of aliphatic hydroxyl groups excluding tert-OH is 1. The summed E-state index contributed by atoms with van der Waals surface area (Å²) in [6.45, 7) is 4.46. The molecule has 0 radical (unpaired) electrons. The Labute approximate surface area is 381 Å². The molecule has 3 unspecified atom stereocenters. The Kier molecular flexibility index (Phi) is 41.4. The first-order valence-electron chi connectivity index (χ1n) is 24.2. The van der Waals surface area contributed by atoms with Crippen LogP contribution in [0.1, 0.15) is 168 Å². The quantitative estimate of drug-likeness (QED) is 0.0274. The molecule has 0 spiro atoms. The fourth-order valence-corrected chi connectivity index (χ4v) is 6.89. The van der Waals surface area contributed by atoms with Crippen LogP contribution in [0.15, 0.2) is 109 Å². The van der Waals surface area contributed by atoms with Gasteiger partial charge in [-0.2, -0.15) is 0 Å². The number of phosphoric acid groups is 1. The number of aliphatic hydroxyl groups is 1. The number of carbonyl (C=O) groups excluding carboxylic acids is 1. The van der Waals surface area contributed by atoms with Crippen LogP contribution in [-0.4, -0.2) is 68.5 Å². The molecule has 0 saturated heterocycles. The molecule has 0 rings (SSSR count). The van der Waals surface area contributed by atoms with Crippen molar-refractivity contribution in [2.75, 3.05) is 40.9 Å². The van der Waals surface area contributed by atoms with Crippen LogP contribution < -0.4 is 10.2 Å². The second kappa shape index (κ2) is 43.4. The number of rotatable bonds is 42. The second-order valence-electron chi connectivity index (χ2n) is 17.1. The minimum Gasteiger partial charge on any atom is -0.756 e. The fourth-order valence-electron chi connectivity index (χ4n) is 6.17. The molecule has 62 heavy (non-hydrogen) atoms. The van der Waals surface area contributed by atoms with E-state index in [9.17, 15) is 19.4 Å². The molecule has 3 atom stereocenters. The van der Waals surface area contributed by atoms with Gasteiger partial charge >= 0.3 is 0 Å². The summed E-state index contributed by atoms with van der Waals surface area (Å²) in [7, 11) is 1.21. The molecular weight excluding hydrogens is 792 g/mol. The highest BCUT2D eigenvalue weighted by Crippen LogP contribution is 2.38. The molecule has 1 amide bonds. The number of nitrogens with zero attached hydrogens (tertiary/aromatic N) is 1. The number of phosphoric ester groups is 1. The molecule has 0 aliphatic carbocycles. The lowest BCUT2D eigenvalue weighted by molar-refractivity contribution is -0.870. The van der Waals surface area contributed by atoms with Crippen molar-refractivity contribution in [3.8, 4) is 0 Å². The second-order valence-corrected chi connectivity index (χ2v) is 18.5. The van der Waals surface area contributed by atoms with E-state index < -0.39 is 26.6 Å². The highest BCUT2D eigenvalue weighted by atomic mass is 31.2. The van der Waals surface area contributed by atoms with E-state index in [1.165, 1.54) is 57.8 Å². The SMILES string of the molecule is CC/C=C\C/C=C\C/C=C\C/C=C\C/C=C\C/C=C\C/C=C\C/C=C\CCCCC(=O)NC(COP(=O)([O-])OCC[N+](C)(C)C)C(O)/C=C/CCCCCCCCCCCCC. The van der Waals surface area contributed by atoms with Crippen molar-refractivity contribution in [2.45, 2.75) is 180 Å². The lowest BCUT2D eigenvalue weighted by Gasteiger charge is -2.29. The summed E-state index contributed by atoms with van der Waals surface area (Å²) < 4.78 is 23.2. The molecule has 2 N–H and O–H groups in total. The van der Waals surface area contributed by atoms with Gasteiger partial charge in [0.25, 0.3) is 7.82 Å². The Morgan fingerprint density at radius 2 is 0.984 bits per heavy atom. The zero-order chi connectivity index (χ0) is 45.7. The van der Waals surface area contributed by atoms with Gasteiger partial charge in [-0.05, 0) is 83.5 Å². The van der Waals surface area contributed by atoms with E-state index >= 15 is 0 Å². The molecule has 0 heterocycles. The third-order valence-electron chi connectivity index (χ3n) is 9.99. The zero-order valence-electron chi connectivity index (χ0n) is 40.0. The standard InChI is InChI=1S/C53H91N2O6P/c1-6-8-10-12-14-16-18-20-21-22-23-24-25-26-27-28-29-30-31-32-33-35-37-39-41-43-45-47-53(57)54-51(50-61-62(58,59)60-49-48-55(3,4)5)52(56)46-44-42-40-38-36-34-19-17-15-13-11-9-7-2/h8,10,14,16,20-21,23-24,26-27,29-30,32-33,37,39,44,46,51-52,56H,6-7,9,11-13,15,17-19,22,25,28,31,34-36,38,40-43,45,47-50H2,1-5H3,(H-,54,57,58,59)/b10-8-,16-14-,21-20-,24-23-,27-26-,30-29-,33-32-,39-37-,46-44+. The predicted molar refractivity (Wildman–Crippen MR) is 265 cm³/mol. The summed E-state index contributed by atoms with van der Waals surface area (Å²) >= 11 is 0. The number of unbranched alkanes of at least 4 members (excludes halogenated alkanes) is 13. The van der Waals surface area contributed by atoms with Crippen LogP contribution in [0.25, 0.3) is 0 Å². The molecule has 0 fully saturated rings. The highest BCUT2D eigenvalue weighted by Gasteiger charge is 2.23. The zero-order valence-corrected chi connectivity index (χ0v) is 40.9. The summed E-state index contributed by atoms with van der Waals surface area (Å²) in [6, 6.07) is -0.917. The van der Waals surface area contributed by atoms with Crippen molar-refractivity contribution in [3.63, 3.8) is 0 Å². The van der Waals surface area contributed by atoms with E-state index in [1.54, 1.807) is 6.08 Å². The molecular formula is C53H91N2O6P. The van der Waals surface area contributed by atoms with Gasteiger partial charge in [0.05, 0.1) is 39.9 Å². The minimum atomic E-state index is -4.61. The molecule has 9 heteroatoms. The molecule has 0 aliphatic heterocycles. The smallest absolute Gasteiger partial charge is 0.268 e. The Morgan fingerprint density at radius 3 is 1.44 bits per heavy atom. The van der Waals surface area contributed by atoms with Crippen LogP contribution in [0.3, 0.4) is 0 Å². The van der Waals surface area contributed by atoms with E-state index in [2.05, 4.69) is 116 Å². The van der Waals surface area contributed by atoms with Crippen molar-refractivity contribution in [1.82, 2.24) is 5.32 Å². The maximum Gasteiger partial charge on any atom is 0.268 e. The Balaban J connectivity index is 4.43. The maximum absolute atomic E-state index is 12.9. The summed E-state index contributed by atoms with van der Waals surface area (Å²) in [6.07, 6.45) is 62.9. The van der Waals surface area contributed by atoms with Crippen molar-refractivity contribution in [2.24, 2.45) is 0 Å². The Hall–Kier alpha value is -2.84. The lowest BCUT2D eigenvalue weighted by Crippen LogP contribution is -2.45. The largest absolute Gasteiger partial charge is 0.756 e. The molecule has 0 aromatic rings. The summed E-state index contributed by atoms with van der Waals surface area (Å²) in [4.78, 5) is 25.3. The van der Waals surface area contributed by atoms with Crippen molar-refractivity contribution >= 4 is 13.7 Å². The van der Waals surface area contributed by atoms with Crippen LogP contribution in [0, 0.1) is 0 Å². The first-order valence-corrected chi connectivity index (χ1v) is 25.7. The van der Waals surface area contributed by atoms with Crippen molar-refractivity contribution < 1.29 is 32.9 Å².